The lowest BCUT2D eigenvalue weighted by molar-refractivity contribution is -0.129. The molecule has 30 heavy (non-hydrogen) atoms. The standard InChI is InChI=1S/C22H31N3O4S/c1-7-24(8-2)21(26)16-25(18-11-14-20(29-6)23-15-18)30(27,28)19-12-9-17(10-13-19)22(3,4)5/h9-15H,7-8,16H2,1-6H3. The molecule has 8 heteroatoms. The highest BCUT2D eigenvalue weighted by atomic mass is 32.2. The monoisotopic (exact) mass is 433 g/mol. The van der Waals surface area contributed by atoms with Crippen LogP contribution in [0.3, 0.4) is 0 Å². The number of anilines is 1. The molecule has 0 fully saturated rings. The van der Waals surface area contributed by atoms with Crippen LogP contribution in [0.2, 0.25) is 0 Å². The molecule has 2 rings (SSSR count). The Morgan fingerprint density at radius 3 is 2.07 bits per heavy atom. The van der Waals surface area contributed by atoms with Gasteiger partial charge in [0.25, 0.3) is 10.0 Å². The fourth-order valence-corrected chi connectivity index (χ4v) is 4.41. The molecule has 2 aromatic rings. The number of likely N-dealkylation sites (N-methyl/N-ethyl adjacent to an activating group) is 1. The van der Waals surface area contributed by atoms with Crippen LogP contribution >= 0.6 is 0 Å². The number of methoxy groups -OCH3 is 1. The molecule has 1 amide bonds. The third-order valence-corrected chi connectivity index (χ3v) is 6.71. The number of benzene rings is 1. The third kappa shape index (κ3) is 5.30. The third-order valence-electron chi connectivity index (χ3n) is 4.92. The maximum atomic E-state index is 13.5. The Morgan fingerprint density at radius 2 is 1.63 bits per heavy atom. The van der Waals surface area contributed by atoms with E-state index in [1.807, 2.05) is 26.0 Å². The number of pyridine rings is 1. The number of nitrogens with zero attached hydrogens (tertiary/aromatic N) is 3. The van der Waals surface area contributed by atoms with Gasteiger partial charge < -0.3 is 9.64 Å². The van der Waals surface area contributed by atoms with Crippen molar-refractivity contribution >= 4 is 21.6 Å². The van der Waals surface area contributed by atoms with Gasteiger partial charge in [0, 0.05) is 19.2 Å². The van der Waals surface area contributed by atoms with Crippen LogP contribution in [-0.2, 0) is 20.2 Å². The molecule has 0 aliphatic rings. The number of carbonyl (C=O) groups is 1. The zero-order chi connectivity index (χ0) is 22.5. The number of rotatable bonds is 8. The maximum Gasteiger partial charge on any atom is 0.264 e. The Kier molecular flexibility index (Phi) is 7.47. The van der Waals surface area contributed by atoms with Gasteiger partial charge in [-0.1, -0.05) is 32.9 Å². The molecule has 0 aliphatic heterocycles. The molecule has 0 atom stereocenters. The van der Waals surface area contributed by atoms with Crippen LogP contribution < -0.4 is 9.04 Å². The van der Waals surface area contributed by atoms with Gasteiger partial charge in [0.1, 0.15) is 6.54 Å². The Morgan fingerprint density at radius 1 is 1.03 bits per heavy atom. The first kappa shape index (κ1) is 23.7. The second-order valence-corrected chi connectivity index (χ2v) is 9.77. The van der Waals surface area contributed by atoms with Crippen LogP contribution in [0.15, 0.2) is 47.5 Å². The van der Waals surface area contributed by atoms with E-state index < -0.39 is 10.0 Å². The summed E-state index contributed by atoms with van der Waals surface area (Å²) in [6.07, 6.45) is 1.40. The molecule has 0 saturated carbocycles. The summed E-state index contributed by atoms with van der Waals surface area (Å²) in [6.45, 7) is 10.6. The first-order chi connectivity index (χ1) is 14.0. The number of carbonyl (C=O) groups excluding carboxylic acids is 1. The van der Waals surface area contributed by atoms with Crippen LogP contribution in [0.5, 0.6) is 5.88 Å². The van der Waals surface area contributed by atoms with Gasteiger partial charge in [-0.05, 0) is 43.0 Å². The summed E-state index contributed by atoms with van der Waals surface area (Å²) in [6, 6.07) is 9.95. The molecule has 0 saturated heterocycles. The lowest BCUT2D eigenvalue weighted by Crippen LogP contribution is -2.43. The summed E-state index contributed by atoms with van der Waals surface area (Å²) < 4.78 is 33.1. The van der Waals surface area contributed by atoms with E-state index in [1.54, 1.807) is 29.2 Å². The average Bonchev–Trinajstić information content (AvgIpc) is 2.72. The quantitative estimate of drug-likeness (QED) is 0.637. The highest BCUT2D eigenvalue weighted by molar-refractivity contribution is 7.92. The highest BCUT2D eigenvalue weighted by Gasteiger charge is 2.29. The smallest absolute Gasteiger partial charge is 0.264 e. The van der Waals surface area contributed by atoms with Crippen molar-refractivity contribution in [2.45, 2.75) is 44.9 Å². The maximum absolute atomic E-state index is 13.5. The first-order valence-electron chi connectivity index (χ1n) is 9.95. The Hall–Kier alpha value is -2.61. The van der Waals surface area contributed by atoms with E-state index in [9.17, 15) is 13.2 Å². The van der Waals surface area contributed by atoms with Crippen molar-refractivity contribution < 1.29 is 17.9 Å². The van der Waals surface area contributed by atoms with Crippen molar-refractivity contribution in [3.8, 4) is 5.88 Å². The van der Waals surface area contributed by atoms with E-state index in [0.29, 0.717) is 24.7 Å². The fraction of sp³-hybridized carbons (Fsp3) is 0.455. The predicted molar refractivity (Wildman–Crippen MR) is 118 cm³/mol. The van der Waals surface area contributed by atoms with E-state index in [1.165, 1.54) is 13.3 Å². The molecular formula is C22H31N3O4S. The Bertz CT molecular complexity index is 945. The lowest BCUT2D eigenvalue weighted by Gasteiger charge is -2.27. The van der Waals surface area contributed by atoms with Gasteiger partial charge in [-0.2, -0.15) is 0 Å². The molecular weight excluding hydrogens is 402 g/mol. The van der Waals surface area contributed by atoms with Crippen molar-refractivity contribution in [2.75, 3.05) is 31.0 Å². The van der Waals surface area contributed by atoms with Crippen LogP contribution in [0, 0.1) is 0 Å². The molecule has 7 nitrogen and oxygen atoms in total. The number of sulfonamides is 1. The predicted octanol–water partition coefficient (Wildman–Crippen LogP) is 3.45. The zero-order valence-electron chi connectivity index (χ0n) is 18.5. The van der Waals surface area contributed by atoms with E-state index in [0.717, 1.165) is 9.87 Å². The molecule has 0 spiro atoms. The van der Waals surface area contributed by atoms with Crippen molar-refractivity contribution in [3.63, 3.8) is 0 Å². The van der Waals surface area contributed by atoms with Crippen molar-refractivity contribution in [1.29, 1.82) is 0 Å². The molecule has 0 unspecified atom stereocenters. The van der Waals surface area contributed by atoms with Crippen LogP contribution in [0.1, 0.15) is 40.2 Å². The second kappa shape index (κ2) is 9.47. The van der Waals surface area contributed by atoms with Gasteiger partial charge in [-0.15, -0.1) is 0 Å². The van der Waals surface area contributed by atoms with Crippen LogP contribution in [-0.4, -0.2) is 51.0 Å². The minimum Gasteiger partial charge on any atom is -0.481 e. The summed E-state index contributed by atoms with van der Waals surface area (Å²) >= 11 is 0. The van der Waals surface area contributed by atoms with Crippen molar-refractivity contribution in [1.82, 2.24) is 9.88 Å². The topological polar surface area (TPSA) is 79.8 Å². The fourth-order valence-electron chi connectivity index (χ4n) is 3.01. The first-order valence-corrected chi connectivity index (χ1v) is 11.4. The molecule has 0 aliphatic carbocycles. The number of hydrogen-bond donors (Lipinski definition) is 0. The second-order valence-electron chi connectivity index (χ2n) is 7.91. The summed E-state index contributed by atoms with van der Waals surface area (Å²) in [5, 5.41) is 0. The molecule has 0 N–H and O–H groups in total. The van der Waals surface area contributed by atoms with Crippen LogP contribution in [0.4, 0.5) is 5.69 Å². The highest BCUT2D eigenvalue weighted by Crippen LogP contribution is 2.27. The van der Waals surface area contributed by atoms with Crippen molar-refractivity contribution in [2.24, 2.45) is 0 Å². The van der Waals surface area contributed by atoms with Gasteiger partial charge in [-0.3, -0.25) is 9.10 Å². The van der Waals surface area contributed by atoms with E-state index in [2.05, 4.69) is 25.8 Å². The average molecular weight is 434 g/mol. The Labute approximate surface area is 179 Å². The SMILES string of the molecule is CCN(CC)C(=O)CN(c1ccc(OC)nc1)S(=O)(=O)c1ccc(C(C)(C)C)cc1. The number of amides is 1. The number of aromatic nitrogens is 1. The molecule has 0 bridgehead atoms. The number of ether oxygens (including phenoxy) is 1. The molecule has 1 aromatic heterocycles. The number of hydrogen-bond acceptors (Lipinski definition) is 5. The largest absolute Gasteiger partial charge is 0.481 e. The summed E-state index contributed by atoms with van der Waals surface area (Å²) in [5.74, 6) is 0.0893. The van der Waals surface area contributed by atoms with E-state index in [4.69, 9.17) is 4.74 Å². The minimum atomic E-state index is -3.98. The van der Waals surface area contributed by atoms with E-state index >= 15 is 0 Å². The van der Waals surface area contributed by atoms with Crippen LogP contribution in [0.25, 0.3) is 0 Å². The molecule has 1 heterocycles. The summed E-state index contributed by atoms with van der Waals surface area (Å²) in [4.78, 5) is 18.6. The van der Waals surface area contributed by atoms with E-state index in [-0.39, 0.29) is 22.8 Å². The van der Waals surface area contributed by atoms with Gasteiger partial charge >= 0.3 is 0 Å². The Balaban J connectivity index is 2.49. The zero-order valence-corrected chi connectivity index (χ0v) is 19.4. The van der Waals surface area contributed by atoms with Crippen molar-refractivity contribution in [3.05, 3.63) is 48.2 Å². The minimum absolute atomic E-state index is 0.0966. The molecule has 164 valence electrons. The lowest BCUT2D eigenvalue weighted by atomic mass is 9.87. The summed E-state index contributed by atoms with van der Waals surface area (Å²) in [5.41, 5.74) is 1.23. The molecule has 1 aromatic carbocycles. The summed E-state index contributed by atoms with van der Waals surface area (Å²) in [7, 11) is -2.49. The normalized spacial score (nSPS) is 11.8. The van der Waals surface area contributed by atoms with Gasteiger partial charge in [-0.25, -0.2) is 13.4 Å². The van der Waals surface area contributed by atoms with Gasteiger partial charge in [0.05, 0.1) is 23.9 Å². The molecule has 0 radical (unpaired) electrons. The van der Waals surface area contributed by atoms with Gasteiger partial charge in [0.15, 0.2) is 0 Å². The van der Waals surface area contributed by atoms with Gasteiger partial charge in [0.2, 0.25) is 11.8 Å².